The van der Waals surface area contributed by atoms with Crippen LogP contribution in [0.4, 0.5) is 0 Å². The molecule has 1 aliphatic carbocycles. The van der Waals surface area contributed by atoms with Gasteiger partial charge in [-0.25, -0.2) is 0 Å². The molecule has 0 aliphatic heterocycles. The van der Waals surface area contributed by atoms with Crippen molar-refractivity contribution in [2.75, 3.05) is 6.54 Å². The second-order valence-electron chi connectivity index (χ2n) is 5.27. The van der Waals surface area contributed by atoms with Gasteiger partial charge in [-0.15, -0.1) is 0 Å². The van der Waals surface area contributed by atoms with Crippen LogP contribution >= 0.6 is 0 Å². The third kappa shape index (κ3) is 4.60. The van der Waals surface area contributed by atoms with Gasteiger partial charge in [0.15, 0.2) is 0 Å². The van der Waals surface area contributed by atoms with Crippen LogP contribution < -0.4 is 10.6 Å². The predicted molar refractivity (Wildman–Crippen MR) is 78.5 cm³/mol. The summed E-state index contributed by atoms with van der Waals surface area (Å²) in [6, 6.07) is 8.55. The number of nitriles is 1. The van der Waals surface area contributed by atoms with Gasteiger partial charge >= 0.3 is 0 Å². The molecular formula is C16H19N3O2. The van der Waals surface area contributed by atoms with E-state index in [2.05, 4.69) is 10.6 Å². The molecule has 0 aromatic heterocycles. The molecule has 2 N–H and O–H groups in total. The van der Waals surface area contributed by atoms with Gasteiger partial charge in [-0.05, 0) is 37.1 Å². The van der Waals surface area contributed by atoms with Crippen molar-refractivity contribution in [3.8, 4) is 6.07 Å². The Balaban J connectivity index is 1.77. The lowest BCUT2D eigenvalue weighted by Crippen LogP contribution is -2.42. The Bertz CT molecular complexity index is 540. The number of nitrogens with zero attached hydrogens (tertiary/aromatic N) is 1. The van der Waals surface area contributed by atoms with E-state index in [0.717, 1.165) is 25.7 Å². The molecule has 0 unspecified atom stereocenters. The van der Waals surface area contributed by atoms with Crippen molar-refractivity contribution in [2.45, 2.75) is 38.1 Å². The van der Waals surface area contributed by atoms with Gasteiger partial charge in [0.2, 0.25) is 5.91 Å². The molecule has 0 saturated heterocycles. The molecule has 1 aliphatic rings. The number of carbonyl (C=O) groups is 2. The quantitative estimate of drug-likeness (QED) is 0.884. The van der Waals surface area contributed by atoms with Gasteiger partial charge in [-0.2, -0.15) is 5.26 Å². The molecule has 0 bridgehead atoms. The van der Waals surface area contributed by atoms with Crippen LogP contribution in [-0.4, -0.2) is 24.4 Å². The van der Waals surface area contributed by atoms with Crippen LogP contribution in [-0.2, 0) is 4.79 Å². The molecule has 0 radical (unpaired) electrons. The molecule has 1 aromatic rings. The van der Waals surface area contributed by atoms with Crippen LogP contribution in [0.5, 0.6) is 0 Å². The molecule has 0 heterocycles. The van der Waals surface area contributed by atoms with E-state index in [-0.39, 0.29) is 24.4 Å². The Morgan fingerprint density at radius 3 is 2.43 bits per heavy atom. The summed E-state index contributed by atoms with van der Waals surface area (Å²) in [7, 11) is 0. The topological polar surface area (TPSA) is 82.0 Å². The first-order chi connectivity index (χ1) is 10.2. The lowest BCUT2D eigenvalue weighted by atomic mass is 9.95. The molecule has 2 rings (SSSR count). The Kier molecular flexibility index (Phi) is 5.33. The lowest BCUT2D eigenvalue weighted by molar-refractivity contribution is -0.121. The first-order valence-electron chi connectivity index (χ1n) is 7.27. The highest BCUT2D eigenvalue weighted by molar-refractivity contribution is 5.96. The Hall–Kier alpha value is -2.35. The lowest BCUT2D eigenvalue weighted by Gasteiger charge is -2.22. The summed E-state index contributed by atoms with van der Waals surface area (Å²) in [4.78, 5) is 23.6. The van der Waals surface area contributed by atoms with Crippen molar-refractivity contribution >= 4 is 11.8 Å². The maximum atomic E-state index is 11.9. The zero-order chi connectivity index (χ0) is 15.1. The van der Waals surface area contributed by atoms with E-state index in [0.29, 0.717) is 11.1 Å². The molecule has 5 nitrogen and oxygen atoms in total. The second-order valence-corrected chi connectivity index (χ2v) is 5.27. The number of carbonyl (C=O) groups excluding carboxylic acids is 2. The normalized spacial score (nSPS) is 15.0. The summed E-state index contributed by atoms with van der Waals surface area (Å²) < 4.78 is 0. The summed E-state index contributed by atoms with van der Waals surface area (Å²) >= 11 is 0. The van der Waals surface area contributed by atoms with Gasteiger partial charge in [-0.3, -0.25) is 9.59 Å². The fraction of sp³-hybridized carbons (Fsp3) is 0.438. The summed E-state index contributed by atoms with van der Waals surface area (Å²) in [5.41, 5.74) is 0.945. The van der Waals surface area contributed by atoms with E-state index in [1.54, 1.807) is 24.3 Å². The summed E-state index contributed by atoms with van der Waals surface area (Å²) in [5, 5.41) is 14.2. The average molecular weight is 285 g/mol. The van der Waals surface area contributed by atoms with Crippen LogP contribution in [0.1, 0.15) is 48.0 Å². The minimum Gasteiger partial charge on any atom is -0.352 e. The number of nitrogens with one attached hydrogen (secondary N) is 2. The zero-order valence-electron chi connectivity index (χ0n) is 11.9. The van der Waals surface area contributed by atoms with E-state index in [9.17, 15) is 9.59 Å². The van der Waals surface area contributed by atoms with Crippen LogP contribution in [0.25, 0.3) is 0 Å². The Labute approximate surface area is 124 Å². The van der Waals surface area contributed by atoms with E-state index >= 15 is 0 Å². The number of hydrogen-bond donors (Lipinski definition) is 2. The van der Waals surface area contributed by atoms with Gasteiger partial charge < -0.3 is 10.6 Å². The van der Waals surface area contributed by atoms with Crippen molar-refractivity contribution < 1.29 is 9.59 Å². The average Bonchev–Trinajstić information content (AvgIpc) is 2.53. The van der Waals surface area contributed by atoms with Crippen LogP contribution in [0, 0.1) is 11.3 Å². The molecule has 1 fully saturated rings. The van der Waals surface area contributed by atoms with Crippen molar-refractivity contribution in [1.82, 2.24) is 10.6 Å². The third-order valence-corrected chi connectivity index (χ3v) is 3.66. The number of amides is 2. The maximum absolute atomic E-state index is 11.9. The molecule has 21 heavy (non-hydrogen) atoms. The molecule has 0 atom stereocenters. The summed E-state index contributed by atoms with van der Waals surface area (Å²) in [5.74, 6) is -0.456. The van der Waals surface area contributed by atoms with Crippen molar-refractivity contribution in [3.05, 3.63) is 35.4 Å². The highest BCUT2D eigenvalue weighted by Crippen LogP contribution is 2.17. The molecule has 110 valence electrons. The van der Waals surface area contributed by atoms with E-state index < -0.39 is 0 Å². The first-order valence-corrected chi connectivity index (χ1v) is 7.27. The van der Waals surface area contributed by atoms with Crippen molar-refractivity contribution in [1.29, 1.82) is 5.26 Å². The third-order valence-electron chi connectivity index (χ3n) is 3.66. The zero-order valence-corrected chi connectivity index (χ0v) is 11.9. The highest BCUT2D eigenvalue weighted by atomic mass is 16.2. The largest absolute Gasteiger partial charge is 0.352 e. The number of benzene rings is 1. The van der Waals surface area contributed by atoms with Crippen LogP contribution in [0.3, 0.4) is 0 Å². The second kappa shape index (κ2) is 7.44. The molecule has 2 amide bonds. The van der Waals surface area contributed by atoms with Gasteiger partial charge in [0.1, 0.15) is 0 Å². The molecule has 1 saturated carbocycles. The monoisotopic (exact) mass is 285 g/mol. The van der Waals surface area contributed by atoms with E-state index in [1.165, 1.54) is 6.42 Å². The van der Waals surface area contributed by atoms with Gasteiger partial charge in [-0.1, -0.05) is 19.3 Å². The smallest absolute Gasteiger partial charge is 0.251 e. The minimum absolute atomic E-state index is 0.0185. The van der Waals surface area contributed by atoms with Crippen molar-refractivity contribution in [3.63, 3.8) is 0 Å². The molecular weight excluding hydrogens is 266 g/mol. The Morgan fingerprint density at radius 2 is 1.81 bits per heavy atom. The number of hydrogen-bond acceptors (Lipinski definition) is 3. The maximum Gasteiger partial charge on any atom is 0.251 e. The van der Waals surface area contributed by atoms with E-state index in [1.807, 2.05) is 6.07 Å². The van der Waals surface area contributed by atoms with Gasteiger partial charge in [0.05, 0.1) is 18.2 Å². The molecule has 5 heteroatoms. The first kappa shape index (κ1) is 15.0. The fourth-order valence-electron chi connectivity index (χ4n) is 2.48. The Morgan fingerprint density at radius 1 is 1.14 bits per heavy atom. The highest BCUT2D eigenvalue weighted by Gasteiger charge is 2.16. The predicted octanol–water partition coefficient (Wildman–Crippen LogP) is 1.74. The van der Waals surface area contributed by atoms with Gasteiger partial charge in [0.25, 0.3) is 5.91 Å². The van der Waals surface area contributed by atoms with Crippen LogP contribution in [0.2, 0.25) is 0 Å². The van der Waals surface area contributed by atoms with E-state index in [4.69, 9.17) is 5.26 Å². The fourth-order valence-corrected chi connectivity index (χ4v) is 2.48. The summed E-state index contributed by atoms with van der Waals surface area (Å²) in [6.45, 7) is -0.0185. The standard InChI is InChI=1S/C16H19N3O2/c17-10-12-6-8-13(9-7-12)16(21)18-11-15(20)19-14-4-2-1-3-5-14/h6-9,14H,1-5,11H2,(H,18,21)(H,19,20). The molecule has 0 spiro atoms. The van der Waals surface area contributed by atoms with Crippen LogP contribution in [0.15, 0.2) is 24.3 Å². The SMILES string of the molecule is N#Cc1ccc(C(=O)NCC(=O)NC2CCCCC2)cc1. The molecule has 1 aromatic carbocycles. The van der Waals surface area contributed by atoms with Gasteiger partial charge in [0, 0.05) is 11.6 Å². The summed E-state index contributed by atoms with van der Waals surface area (Å²) in [6.07, 6.45) is 5.59. The number of rotatable bonds is 4. The minimum atomic E-state index is -0.307. The van der Waals surface area contributed by atoms with Crippen molar-refractivity contribution in [2.24, 2.45) is 0 Å².